The SMILES string of the molecule is NC1C2CCC(C2)C1C(=O)N1CCOC(C(=O)O)C1. The van der Waals surface area contributed by atoms with Gasteiger partial charge in [-0.1, -0.05) is 0 Å². The van der Waals surface area contributed by atoms with E-state index < -0.39 is 12.1 Å². The van der Waals surface area contributed by atoms with Gasteiger partial charge in [0.15, 0.2) is 6.10 Å². The van der Waals surface area contributed by atoms with E-state index in [0.717, 1.165) is 19.3 Å². The lowest BCUT2D eigenvalue weighted by Gasteiger charge is -2.36. The van der Waals surface area contributed by atoms with Crippen molar-refractivity contribution in [1.29, 1.82) is 0 Å². The number of fused-ring (bicyclic) bond motifs is 2. The second-order valence-electron chi connectivity index (χ2n) is 5.92. The summed E-state index contributed by atoms with van der Waals surface area (Å²) in [6.07, 6.45) is 2.38. The van der Waals surface area contributed by atoms with Gasteiger partial charge in [-0.15, -0.1) is 0 Å². The maximum atomic E-state index is 12.6. The fourth-order valence-corrected chi connectivity index (χ4v) is 3.91. The lowest BCUT2D eigenvalue weighted by molar-refractivity contribution is -0.161. The van der Waals surface area contributed by atoms with Crippen molar-refractivity contribution in [3.63, 3.8) is 0 Å². The molecule has 5 unspecified atom stereocenters. The first-order chi connectivity index (χ1) is 9.08. The molecule has 3 fully saturated rings. The summed E-state index contributed by atoms with van der Waals surface area (Å²) in [6, 6.07) is -0.0441. The molecule has 6 nitrogen and oxygen atoms in total. The minimum Gasteiger partial charge on any atom is -0.479 e. The molecule has 19 heavy (non-hydrogen) atoms. The van der Waals surface area contributed by atoms with Crippen LogP contribution in [0.4, 0.5) is 0 Å². The molecule has 1 amide bonds. The zero-order valence-electron chi connectivity index (χ0n) is 10.8. The number of nitrogens with two attached hydrogens (primary N) is 1. The molecular weight excluding hydrogens is 248 g/mol. The van der Waals surface area contributed by atoms with E-state index in [9.17, 15) is 9.59 Å². The van der Waals surface area contributed by atoms with Gasteiger partial charge in [0.05, 0.1) is 19.1 Å². The molecule has 3 aliphatic rings. The number of hydrogen-bond donors (Lipinski definition) is 2. The maximum Gasteiger partial charge on any atom is 0.334 e. The van der Waals surface area contributed by atoms with Crippen molar-refractivity contribution in [2.75, 3.05) is 19.7 Å². The Morgan fingerprint density at radius 3 is 2.63 bits per heavy atom. The number of morpholine rings is 1. The highest BCUT2D eigenvalue weighted by molar-refractivity contribution is 5.82. The predicted molar refractivity (Wildman–Crippen MR) is 66.3 cm³/mol. The Hall–Kier alpha value is -1.14. The smallest absolute Gasteiger partial charge is 0.334 e. The van der Waals surface area contributed by atoms with Crippen LogP contribution in [-0.4, -0.2) is 53.7 Å². The summed E-state index contributed by atoms with van der Waals surface area (Å²) in [6.45, 7) is 0.913. The minimum atomic E-state index is -1.00. The summed E-state index contributed by atoms with van der Waals surface area (Å²) in [5.41, 5.74) is 6.17. The second kappa shape index (κ2) is 4.76. The number of carboxylic acids is 1. The average molecular weight is 268 g/mol. The van der Waals surface area contributed by atoms with Gasteiger partial charge < -0.3 is 20.5 Å². The molecule has 3 N–H and O–H groups in total. The number of rotatable bonds is 2. The first-order valence-corrected chi connectivity index (χ1v) is 6.96. The van der Waals surface area contributed by atoms with Gasteiger partial charge in [-0.25, -0.2) is 4.79 Å². The summed E-state index contributed by atoms with van der Waals surface area (Å²) >= 11 is 0. The van der Waals surface area contributed by atoms with Crippen LogP contribution in [-0.2, 0) is 14.3 Å². The fourth-order valence-electron chi connectivity index (χ4n) is 3.91. The monoisotopic (exact) mass is 268 g/mol. The number of hydrogen-bond acceptors (Lipinski definition) is 4. The van der Waals surface area contributed by atoms with E-state index in [1.807, 2.05) is 0 Å². The molecule has 0 spiro atoms. The Bertz CT molecular complexity index is 398. The quantitative estimate of drug-likeness (QED) is 0.715. The van der Waals surface area contributed by atoms with Gasteiger partial charge in [0.2, 0.25) is 5.91 Å². The Balaban J connectivity index is 1.68. The average Bonchev–Trinajstić information content (AvgIpc) is 2.99. The fraction of sp³-hybridized carbons (Fsp3) is 0.846. The van der Waals surface area contributed by atoms with E-state index in [4.69, 9.17) is 15.6 Å². The third kappa shape index (κ3) is 2.12. The van der Waals surface area contributed by atoms with Crippen molar-refractivity contribution < 1.29 is 19.4 Å². The number of aliphatic carboxylic acids is 1. The van der Waals surface area contributed by atoms with Gasteiger partial charge in [-0.05, 0) is 31.1 Å². The molecule has 1 saturated heterocycles. The van der Waals surface area contributed by atoms with Crippen LogP contribution in [0, 0.1) is 17.8 Å². The second-order valence-corrected chi connectivity index (χ2v) is 5.92. The van der Waals surface area contributed by atoms with Gasteiger partial charge in [0, 0.05) is 12.6 Å². The highest BCUT2D eigenvalue weighted by Gasteiger charge is 2.50. The number of carbonyl (C=O) groups is 2. The molecule has 106 valence electrons. The Kier molecular flexibility index (Phi) is 3.22. The van der Waals surface area contributed by atoms with Gasteiger partial charge in [-0.2, -0.15) is 0 Å². The normalized spacial score (nSPS) is 41.5. The van der Waals surface area contributed by atoms with E-state index in [1.54, 1.807) is 4.90 Å². The molecule has 0 radical (unpaired) electrons. The number of ether oxygens (including phenoxy) is 1. The Labute approximate surface area is 111 Å². The first kappa shape index (κ1) is 12.9. The summed E-state index contributed by atoms with van der Waals surface area (Å²) in [5.74, 6) is -0.191. The molecule has 2 bridgehead atoms. The molecule has 2 saturated carbocycles. The minimum absolute atomic E-state index is 0.0363. The first-order valence-electron chi connectivity index (χ1n) is 6.96. The summed E-state index contributed by atoms with van der Waals surface area (Å²) in [5, 5.41) is 8.97. The van der Waals surface area contributed by atoms with E-state index in [1.165, 1.54) is 0 Å². The standard InChI is InChI=1S/C13H20N2O4/c14-11-8-2-1-7(5-8)10(11)12(16)15-3-4-19-9(6-15)13(17)18/h7-11H,1-6,14H2,(H,17,18). The largest absolute Gasteiger partial charge is 0.479 e. The van der Waals surface area contributed by atoms with Crippen molar-refractivity contribution in [2.24, 2.45) is 23.5 Å². The van der Waals surface area contributed by atoms with Gasteiger partial charge in [0.1, 0.15) is 0 Å². The lowest BCUT2D eigenvalue weighted by atomic mass is 9.84. The predicted octanol–water partition coefficient (Wildman–Crippen LogP) is -0.328. The van der Waals surface area contributed by atoms with Gasteiger partial charge >= 0.3 is 5.97 Å². The molecule has 2 aliphatic carbocycles. The third-order valence-corrected chi connectivity index (χ3v) is 4.92. The van der Waals surface area contributed by atoms with Crippen molar-refractivity contribution in [3.05, 3.63) is 0 Å². The zero-order chi connectivity index (χ0) is 13.6. The molecule has 6 heteroatoms. The van der Waals surface area contributed by atoms with Crippen molar-refractivity contribution in [2.45, 2.75) is 31.4 Å². The van der Waals surface area contributed by atoms with Crippen LogP contribution in [0.5, 0.6) is 0 Å². The number of carbonyl (C=O) groups excluding carboxylic acids is 1. The zero-order valence-corrected chi connectivity index (χ0v) is 10.8. The van der Waals surface area contributed by atoms with Crippen molar-refractivity contribution >= 4 is 11.9 Å². The summed E-state index contributed by atoms with van der Waals surface area (Å²) < 4.78 is 5.15. The number of amides is 1. The van der Waals surface area contributed by atoms with Crippen LogP contribution in [0.3, 0.4) is 0 Å². The van der Waals surface area contributed by atoms with E-state index in [0.29, 0.717) is 25.0 Å². The van der Waals surface area contributed by atoms with Crippen molar-refractivity contribution in [1.82, 2.24) is 4.90 Å². The van der Waals surface area contributed by atoms with Crippen LogP contribution in [0.1, 0.15) is 19.3 Å². The molecule has 1 heterocycles. The van der Waals surface area contributed by atoms with Gasteiger partial charge in [0.25, 0.3) is 0 Å². The molecule has 0 aromatic rings. The Morgan fingerprint density at radius 1 is 1.26 bits per heavy atom. The van der Waals surface area contributed by atoms with Crippen LogP contribution < -0.4 is 5.73 Å². The topological polar surface area (TPSA) is 92.9 Å². The number of nitrogens with zero attached hydrogens (tertiary/aromatic N) is 1. The molecule has 1 aliphatic heterocycles. The molecule has 0 aromatic heterocycles. The summed E-state index contributed by atoms with van der Waals surface area (Å²) in [4.78, 5) is 25.1. The maximum absolute atomic E-state index is 12.6. The van der Waals surface area contributed by atoms with Gasteiger partial charge in [-0.3, -0.25) is 4.79 Å². The molecule has 5 atom stereocenters. The lowest BCUT2D eigenvalue weighted by Crippen LogP contribution is -2.53. The molecular formula is C13H20N2O4. The highest BCUT2D eigenvalue weighted by atomic mass is 16.5. The van der Waals surface area contributed by atoms with Crippen LogP contribution in [0.25, 0.3) is 0 Å². The number of carboxylic acid groups (broad SMARTS) is 1. The summed E-state index contributed by atoms with van der Waals surface area (Å²) in [7, 11) is 0. The Morgan fingerprint density at radius 2 is 2.00 bits per heavy atom. The highest BCUT2D eigenvalue weighted by Crippen LogP contribution is 2.48. The van der Waals surface area contributed by atoms with Crippen molar-refractivity contribution in [3.8, 4) is 0 Å². The molecule has 0 aromatic carbocycles. The van der Waals surface area contributed by atoms with E-state index >= 15 is 0 Å². The van der Waals surface area contributed by atoms with Crippen LogP contribution in [0.2, 0.25) is 0 Å². The van der Waals surface area contributed by atoms with Crippen LogP contribution in [0.15, 0.2) is 0 Å². The van der Waals surface area contributed by atoms with E-state index in [2.05, 4.69) is 0 Å². The van der Waals surface area contributed by atoms with E-state index in [-0.39, 0.29) is 24.4 Å². The van der Waals surface area contributed by atoms with Crippen LogP contribution >= 0.6 is 0 Å². The third-order valence-electron chi connectivity index (χ3n) is 4.92. The molecule has 3 rings (SSSR count).